The molecule has 1 fully saturated rings. The zero-order valence-electron chi connectivity index (χ0n) is 16.6. The SMILES string of the molecule is O=C(N[C@H]1COCC[C@@H]1O)c1cc(Cc2ccc(-n3cccn3)cc2)c(C(F)F)cn1. The molecule has 0 unspecified atom stereocenters. The lowest BCUT2D eigenvalue weighted by Gasteiger charge is -2.28. The lowest BCUT2D eigenvalue weighted by Crippen LogP contribution is -2.49. The van der Waals surface area contributed by atoms with Gasteiger partial charge in [-0.15, -0.1) is 0 Å². The van der Waals surface area contributed by atoms with Gasteiger partial charge in [0.15, 0.2) is 0 Å². The normalized spacial score (nSPS) is 18.8. The first kappa shape index (κ1) is 21.1. The minimum atomic E-state index is -2.71. The monoisotopic (exact) mass is 428 g/mol. The average Bonchev–Trinajstić information content (AvgIpc) is 3.30. The second-order valence-corrected chi connectivity index (χ2v) is 7.37. The molecule has 0 bridgehead atoms. The van der Waals surface area contributed by atoms with Crippen LogP contribution in [0.5, 0.6) is 0 Å². The Hall–Kier alpha value is -3.17. The van der Waals surface area contributed by atoms with Gasteiger partial charge in [-0.25, -0.2) is 13.5 Å². The predicted molar refractivity (Wildman–Crippen MR) is 108 cm³/mol. The lowest BCUT2D eigenvalue weighted by molar-refractivity contribution is -0.0140. The summed E-state index contributed by atoms with van der Waals surface area (Å²) in [5.41, 5.74) is 1.79. The number of carbonyl (C=O) groups excluding carboxylic acids is 1. The second kappa shape index (κ2) is 9.32. The number of alkyl halides is 2. The van der Waals surface area contributed by atoms with E-state index in [1.54, 1.807) is 10.9 Å². The molecule has 0 aliphatic carbocycles. The van der Waals surface area contributed by atoms with Gasteiger partial charge in [-0.2, -0.15) is 5.10 Å². The van der Waals surface area contributed by atoms with Crippen molar-refractivity contribution in [3.8, 4) is 5.69 Å². The Morgan fingerprint density at radius 3 is 2.81 bits per heavy atom. The van der Waals surface area contributed by atoms with E-state index in [-0.39, 0.29) is 24.3 Å². The van der Waals surface area contributed by atoms with Crippen LogP contribution < -0.4 is 5.32 Å². The molecular formula is C22H22F2N4O3. The van der Waals surface area contributed by atoms with E-state index < -0.39 is 24.5 Å². The van der Waals surface area contributed by atoms with Crippen LogP contribution in [-0.2, 0) is 11.2 Å². The number of aliphatic hydroxyl groups excluding tert-OH is 1. The highest BCUT2D eigenvalue weighted by Gasteiger charge is 2.26. The fraction of sp³-hybridized carbons (Fsp3) is 0.318. The molecule has 9 heteroatoms. The number of halogens is 2. The number of ether oxygens (including phenoxy) is 1. The van der Waals surface area contributed by atoms with Gasteiger partial charge in [0.25, 0.3) is 12.3 Å². The fourth-order valence-electron chi connectivity index (χ4n) is 3.50. The summed E-state index contributed by atoms with van der Waals surface area (Å²) in [6, 6.07) is 10.0. The number of hydrogen-bond donors (Lipinski definition) is 2. The Morgan fingerprint density at radius 1 is 1.32 bits per heavy atom. The molecule has 1 amide bonds. The van der Waals surface area contributed by atoms with Gasteiger partial charge in [0.2, 0.25) is 0 Å². The maximum atomic E-state index is 13.5. The Labute approximate surface area is 177 Å². The quantitative estimate of drug-likeness (QED) is 0.630. The topological polar surface area (TPSA) is 89.3 Å². The highest BCUT2D eigenvalue weighted by Crippen LogP contribution is 2.25. The molecule has 3 heterocycles. The molecule has 3 aromatic rings. The summed E-state index contributed by atoms with van der Waals surface area (Å²) in [7, 11) is 0. The van der Waals surface area contributed by atoms with Gasteiger partial charge in [0.1, 0.15) is 5.69 Å². The van der Waals surface area contributed by atoms with Gasteiger partial charge in [-0.1, -0.05) is 12.1 Å². The maximum absolute atomic E-state index is 13.5. The van der Waals surface area contributed by atoms with E-state index in [1.807, 2.05) is 36.5 Å². The second-order valence-electron chi connectivity index (χ2n) is 7.37. The number of hydrogen-bond acceptors (Lipinski definition) is 5. The number of nitrogens with one attached hydrogen (secondary N) is 1. The molecule has 0 saturated carbocycles. The van der Waals surface area contributed by atoms with Crippen molar-refractivity contribution in [1.82, 2.24) is 20.1 Å². The fourth-order valence-corrected chi connectivity index (χ4v) is 3.50. The highest BCUT2D eigenvalue weighted by molar-refractivity contribution is 5.92. The number of pyridine rings is 1. The summed E-state index contributed by atoms with van der Waals surface area (Å²) in [4.78, 5) is 16.5. The Kier molecular flexibility index (Phi) is 6.34. The largest absolute Gasteiger partial charge is 0.391 e. The zero-order chi connectivity index (χ0) is 21.8. The third-order valence-electron chi connectivity index (χ3n) is 5.23. The molecule has 31 heavy (non-hydrogen) atoms. The Morgan fingerprint density at radius 2 is 2.13 bits per heavy atom. The van der Waals surface area contributed by atoms with Crippen LogP contribution in [-0.4, -0.2) is 51.1 Å². The molecule has 0 spiro atoms. The van der Waals surface area contributed by atoms with E-state index >= 15 is 0 Å². The predicted octanol–water partition coefficient (Wildman–Crippen LogP) is 2.68. The molecule has 1 aliphatic heterocycles. The number of carbonyl (C=O) groups is 1. The smallest absolute Gasteiger partial charge is 0.270 e. The summed E-state index contributed by atoms with van der Waals surface area (Å²) in [5, 5.41) is 16.8. The van der Waals surface area contributed by atoms with E-state index in [4.69, 9.17) is 4.74 Å². The first-order valence-electron chi connectivity index (χ1n) is 9.94. The first-order chi connectivity index (χ1) is 15.0. The summed E-state index contributed by atoms with van der Waals surface area (Å²) >= 11 is 0. The molecule has 1 saturated heterocycles. The molecule has 162 valence electrons. The number of benzene rings is 1. The molecule has 2 aromatic heterocycles. The third-order valence-corrected chi connectivity index (χ3v) is 5.23. The molecule has 7 nitrogen and oxygen atoms in total. The van der Waals surface area contributed by atoms with Crippen LogP contribution in [0.25, 0.3) is 5.69 Å². The van der Waals surface area contributed by atoms with E-state index in [0.29, 0.717) is 18.6 Å². The number of aliphatic hydroxyl groups is 1. The molecule has 1 aliphatic rings. The average molecular weight is 428 g/mol. The van der Waals surface area contributed by atoms with Crippen molar-refractivity contribution in [2.45, 2.75) is 31.4 Å². The van der Waals surface area contributed by atoms with E-state index in [2.05, 4.69) is 15.4 Å². The van der Waals surface area contributed by atoms with Crippen LogP contribution in [0.3, 0.4) is 0 Å². The van der Waals surface area contributed by atoms with Crippen LogP contribution in [0.4, 0.5) is 8.78 Å². The van der Waals surface area contributed by atoms with Crippen molar-refractivity contribution < 1.29 is 23.4 Å². The highest BCUT2D eigenvalue weighted by atomic mass is 19.3. The summed E-state index contributed by atoms with van der Waals surface area (Å²) in [6.07, 6.45) is 1.74. The number of rotatable bonds is 6. The summed E-state index contributed by atoms with van der Waals surface area (Å²) < 4.78 is 34.1. The molecule has 1 aromatic carbocycles. The maximum Gasteiger partial charge on any atom is 0.270 e. The van der Waals surface area contributed by atoms with Gasteiger partial charge in [-0.05, 0) is 48.2 Å². The number of amides is 1. The standard InChI is InChI=1S/C22H22F2N4O3/c23-21(24)17-12-25-18(22(30)27-19-13-31-9-6-20(19)29)11-15(17)10-14-2-4-16(5-3-14)28-8-1-7-26-28/h1-5,7-8,11-12,19-21,29H,6,9-10,13H2,(H,27,30)/t19-,20-/m0/s1. The Balaban J connectivity index is 1.53. The van der Waals surface area contributed by atoms with E-state index in [9.17, 15) is 18.7 Å². The minimum absolute atomic E-state index is 0.0188. The van der Waals surface area contributed by atoms with Crippen LogP contribution in [0.1, 0.15) is 40.0 Å². The third kappa shape index (κ3) is 4.95. The molecule has 2 N–H and O–H groups in total. The molecular weight excluding hydrogens is 406 g/mol. The van der Waals surface area contributed by atoms with Crippen LogP contribution >= 0.6 is 0 Å². The van der Waals surface area contributed by atoms with Gasteiger partial charge in [-0.3, -0.25) is 9.78 Å². The number of aromatic nitrogens is 3. The molecule has 4 rings (SSSR count). The van der Waals surface area contributed by atoms with Crippen molar-refractivity contribution >= 4 is 5.91 Å². The van der Waals surface area contributed by atoms with Crippen molar-refractivity contribution in [3.63, 3.8) is 0 Å². The summed E-state index contributed by atoms with van der Waals surface area (Å²) in [5.74, 6) is -0.536. The van der Waals surface area contributed by atoms with Crippen molar-refractivity contribution in [2.75, 3.05) is 13.2 Å². The first-order valence-corrected chi connectivity index (χ1v) is 9.94. The molecule has 0 radical (unpaired) electrons. The van der Waals surface area contributed by atoms with E-state index in [1.165, 1.54) is 6.07 Å². The van der Waals surface area contributed by atoms with Gasteiger partial charge in [0, 0.05) is 30.8 Å². The van der Waals surface area contributed by atoms with Crippen LogP contribution in [0, 0.1) is 0 Å². The zero-order valence-corrected chi connectivity index (χ0v) is 16.6. The van der Waals surface area contributed by atoms with Crippen LogP contribution in [0.2, 0.25) is 0 Å². The van der Waals surface area contributed by atoms with Crippen molar-refractivity contribution in [3.05, 3.63) is 77.4 Å². The van der Waals surface area contributed by atoms with Crippen molar-refractivity contribution in [1.29, 1.82) is 0 Å². The lowest BCUT2D eigenvalue weighted by atomic mass is 10.00. The van der Waals surface area contributed by atoms with Crippen molar-refractivity contribution in [2.24, 2.45) is 0 Å². The minimum Gasteiger partial charge on any atom is -0.391 e. The molecule has 2 atom stereocenters. The van der Waals surface area contributed by atoms with E-state index in [0.717, 1.165) is 17.4 Å². The van der Waals surface area contributed by atoms with Gasteiger partial charge < -0.3 is 15.2 Å². The Bertz CT molecular complexity index is 1030. The van der Waals surface area contributed by atoms with Gasteiger partial charge in [0.05, 0.1) is 24.4 Å². The van der Waals surface area contributed by atoms with Crippen LogP contribution in [0.15, 0.2) is 55.0 Å². The summed E-state index contributed by atoms with van der Waals surface area (Å²) in [6.45, 7) is 0.621. The number of nitrogens with zero attached hydrogens (tertiary/aromatic N) is 3. The van der Waals surface area contributed by atoms with Gasteiger partial charge >= 0.3 is 0 Å².